The van der Waals surface area contributed by atoms with E-state index in [2.05, 4.69) is 31.1 Å². The summed E-state index contributed by atoms with van der Waals surface area (Å²) in [5.74, 6) is -0.0917. The fraction of sp³-hybridized carbons (Fsp3) is 0.917. The van der Waals surface area contributed by atoms with Gasteiger partial charge < -0.3 is 15.0 Å². The molecule has 0 aromatic heterocycles. The molecule has 4 heteroatoms. The zero-order valence-electron chi connectivity index (χ0n) is 10.9. The highest BCUT2D eigenvalue weighted by Gasteiger charge is 2.41. The molecule has 0 bridgehead atoms. The summed E-state index contributed by atoms with van der Waals surface area (Å²) in [6.45, 7) is 8.40. The number of nitrogens with one attached hydrogen (secondary N) is 1. The van der Waals surface area contributed by atoms with Gasteiger partial charge in [-0.2, -0.15) is 0 Å². The second-order valence-electron chi connectivity index (χ2n) is 4.76. The number of likely N-dealkylation sites (N-methyl/N-ethyl adjacent to an activating group) is 2. The average Bonchev–Trinajstić information content (AvgIpc) is 2.42. The first-order chi connectivity index (χ1) is 7.53. The molecule has 0 aromatic rings. The number of carbonyl (C=O) groups is 1. The van der Waals surface area contributed by atoms with Crippen molar-refractivity contribution in [1.29, 1.82) is 0 Å². The topological polar surface area (TPSA) is 41.6 Å². The maximum absolute atomic E-state index is 11.6. The van der Waals surface area contributed by atoms with Gasteiger partial charge in [0.2, 0.25) is 0 Å². The first-order valence-corrected chi connectivity index (χ1v) is 6.14. The van der Waals surface area contributed by atoms with E-state index in [0.717, 1.165) is 19.5 Å². The highest BCUT2D eigenvalue weighted by Crippen LogP contribution is 2.29. The lowest BCUT2D eigenvalue weighted by atomic mass is 9.92. The van der Waals surface area contributed by atoms with Gasteiger partial charge in [-0.25, -0.2) is 0 Å². The van der Waals surface area contributed by atoms with Gasteiger partial charge in [-0.1, -0.05) is 6.92 Å². The Kier molecular flexibility index (Phi) is 4.74. The summed E-state index contributed by atoms with van der Waals surface area (Å²) in [4.78, 5) is 13.9. The van der Waals surface area contributed by atoms with Gasteiger partial charge in [0.05, 0.1) is 13.0 Å². The monoisotopic (exact) mass is 228 g/mol. The SMILES string of the molecule is CCNC1(CC(=O)OCC)CC(C)N(C)C1. The molecule has 2 unspecified atom stereocenters. The number of carbonyl (C=O) groups excluding carboxylic acids is 1. The highest BCUT2D eigenvalue weighted by molar-refractivity contribution is 5.71. The maximum atomic E-state index is 11.6. The number of esters is 1. The summed E-state index contributed by atoms with van der Waals surface area (Å²) in [7, 11) is 2.11. The largest absolute Gasteiger partial charge is 0.466 e. The molecule has 0 aliphatic carbocycles. The molecule has 1 rings (SSSR count). The molecular formula is C12H24N2O2. The van der Waals surface area contributed by atoms with Crippen LogP contribution in [0.15, 0.2) is 0 Å². The zero-order valence-corrected chi connectivity index (χ0v) is 10.9. The smallest absolute Gasteiger partial charge is 0.307 e. The normalized spacial score (nSPS) is 30.6. The van der Waals surface area contributed by atoms with E-state index >= 15 is 0 Å². The lowest BCUT2D eigenvalue weighted by Crippen LogP contribution is -2.49. The number of rotatable bonds is 5. The lowest BCUT2D eigenvalue weighted by molar-refractivity contribution is -0.144. The third-order valence-corrected chi connectivity index (χ3v) is 3.33. The molecule has 1 aliphatic heterocycles. The van der Waals surface area contributed by atoms with Crippen molar-refractivity contribution < 1.29 is 9.53 Å². The minimum Gasteiger partial charge on any atom is -0.466 e. The van der Waals surface area contributed by atoms with Gasteiger partial charge in [0.1, 0.15) is 0 Å². The summed E-state index contributed by atoms with van der Waals surface area (Å²) in [5.41, 5.74) is -0.0881. The quantitative estimate of drug-likeness (QED) is 0.713. The molecule has 1 N–H and O–H groups in total. The van der Waals surface area contributed by atoms with Crippen LogP contribution in [0.3, 0.4) is 0 Å². The lowest BCUT2D eigenvalue weighted by Gasteiger charge is -2.29. The van der Waals surface area contributed by atoms with Gasteiger partial charge in [-0.3, -0.25) is 4.79 Å². The highest BCUT2D eigenvalue weighted by atomic mass is 16.5. The molecular weight excluding hydrogens is 204 g/mol. The van der Waals surface area contributed by atoms with Gasteiger partial charge in [0.15, 0.2) is 0 Å². The molecule has 94 valence electrons. The number of ether oxygens (including phenoxy) is 1. The van der Waals surface area contributed by atoms with Crippen LogP contribution < -0.4 is 5.32 Å². The first kappa shape index (κ1) is 13.5. The second-order valence-corrected chi connectivity index (χ2v) is 4.76. The van der Waals surface area contributed by atoms with E-state index in [1.165, 1.54) is 0 Å². The van der Waals surface area contributed by atoms with Gasteiger partial charge >= 0.3 is 5.97 Å². The van der Waals surface area contributed by atoms with Crippen molar-refractivity contribution in [3.8, 4) is 0 Å². The first-order valence-electron chi connectivity index (χ1n) is 6.14. The third-order valence-electron chi connectivity index (χ3n) is 3.33. The Balaban J connectivity index is 2.63. The van der Waals surface area contributed by atoms with E-state index in [4.69, 9.17) is 4.74 Å². The van der Waals surface area contributed by atoms with Crippen LogP contribution >= 0.6 is 0 Å². The molecule has 0 amide bonds. The predicted octanol–water partition coefficient (Wildman–Crippen LogP) is 1.01. The van der Waals surface area contributed by atoms with Crippen LogP contribution in [0.25, 0.3) is 0 Å². The standard InChI is InChI=1S/C12H24N2O2/c1-5-13-12(8-11(15)16-6-2)7-10(3)14(4)9-12/h10,13H,5-9H2,1-4H3. The van der Waals surface area contributed by atoms with Crippen LogP contribution in [-0.4, -0.2) is 49.2 Å². The van der Waals surface area contributed by atoms with Crippen molar-refractivity contribution in [2.45, 2.75) is 45.2 Å². The molecule has 0 saturated carbocycles. The van der Waals surface area contributed by atoms with E-state index in [9.17, 15) is 4.79 Å². The van der Waals surface area contributed by atoms with Crippen LogP contribution in [0.4, 0.5) is 0 Å². The van der Waals surface area contributed by atoms with E-state index < -0.39 is 0 Å². The van der Waals surface area contributed by atoms with Crippen LogP contribution in [-0.2, 0) is 9.53 Å². The Hall–Kier alpha value is -0.610. The van der Waals surface area contributed by atoms with Crippen molar-refractivity contribution in [1.82, 2.24) is 10.2 Å². The molecule has 4 nitrogen and oxygen atoms in total. The Morgan fingerprint density at radius 3 is 2.69 bits per heavy atom. The summed E-state index contributed by atoms with van der Waals surface area (Å²) in [6, 6.07) is 0.522. The second kappa shape index (κ2) is 5.64. The van der Waals surface area contributed by atoms with Crippen molar-refractivity contribution in [3.05, 3.63) is 0 Å². The van der Waals surface area contributed by atoms with Gasteiger partial charge in [-0.05, 0) is 33.9 Å². The minimum absolute atomic E-state index is 0.0881. The molecule has 1 fully saturated rings. The zero-order chi connectivity index (χ0) is 12.2. The Labute approximate surface area is 98.3 Å². The molecule has 0 aromatic carbocycles. The number of likely N-dealkylation sites (tertiary alicyclic amines) is 1. The van der Waals surface area contributed by atoms with Crippen LogP contribution in [0, 0.1) is 0 Å². The summed E-state index contributed by atoms with van der Waals surface area (Å²) < 4.78 is 5.05. The molecule has 0 radical (unpaired) electrons. The maximum Gasteiger partial charge on any atom is 0.307 e. The Morgan fingerprint density at radius 1 is 1.56 bits per heavy atom. The molecule has 1 heterocycles. The van der Waals surface area contributed by atoms with Crippen LogP contribution in [0.2, 0.25) is 0 Å². The third kappa shape index (κ3) is 3.19. The number of hydrogen-bond acceptors (Lipinski definition) is 4. The van der Waals surface area contributed by atoms with Gasteiger partial charge in [-0.15, -0.1) is 0 Å². The van der Waals surface area contributed by atoms with Gasteiger partial charge in [0, 0.05) is 18.1 Å². The molecule has 0 spiro atoms. The number of hydrogen-bond donors (Lipinski definition) is 1. The van der Waals surface area contributed by atoms with Crippen LogP contribution in [0.5, 0.6) is 0 Å². The summed E-state index contributed by atoms with van der Waals surface area (Å²) in [6.07, 6.45) is 1.49. The van der Waals surface area contributed by atoms with Crippen molar-refractivity contribution >= 4 is 5.97 Å². The molecule has 1 aliphatic rings. The van der Waals surface area contributed by atoms with Crippen molar-refractivity contribution in [3.63, 3.8) is 0 Å². The minimum atomic E-state index is -0.0917. The van der Waals surface area contributed by atoms with E-state index in [-0.39, 0.29) is 11.5 Å². The Morgan fingerprint density at radius 2 is 2.25 bits per heavy atom. The predicted molar refractivity (Wildman–Crippen MR) is 64.4 cm³/mol. The number of nitrogens with zero attached hydrogens (tertiary/aromatic N) is 1. The van der Waals surface area contributed by atoms with Crippen molar-refractivity contribution in [2.75, 3.05) is 26.7 Å². The molecule has 2 atom stereocenters. The summed E-state index contributed by atoms with van der Waals surface area (Å²) >= 11 is 0. The summed E-state index contributed by atoms with van der Waals surface area (Å²) in [5, 5.41) is 3.47. The average molecular weight is 228 g/mol. The van der Waals surface area contributed by atoms with E-state index in [0.29, 0.717) is 19.1 Å². The van der Waals surface area contributed by atoms with Gasteiger partial charge in [0.25, 0.3) is 0 Å². The van der Waals surface area contributed by atoms with Crippen LogP contribution in [0.1, 0.15) is 33.6 Å². The fourth-order valence-corrected chi connectivity index (χ4v) is 2.60. The fourth-order valence-electron chi connectivity index (χ4n) is 2.60. The van der Waals surface area contributed by atoms with E-state index in [1.54, 1.807) is 0 Å². The Bertz CT molecular complexity index is 233. The molecule has 1 saturated heterocycles. The van der Waals surface area contributed by atoms with E-state index in [1.807, 2.05) is 6.92 Å². The molecule has 16 heavy (non-hydrogen) atoms. The van der Waals surface area contributed by atoms with Crippen molar-refractivity contribution in [2.24, 2.45) is 0 Å².